The number of hydrogen-bond donors (Lipinski definition) is 1. The van der Waals surface area contributed by atoms with Gasteiger partial charge in [0.25, 0.3) is 0 Å². The third kappa shape index (κ3) is 1.57. The Morgan fingerprint density at radius 2 is 2.11 bits per heavy atom. The molecule has 2 heterocycles. The minimum Gasteiger partial charge on any atom is -0.486 e. The number of fused-ring (bicyclic) bond motifs is 1. The lowest BCUT2D eigenvalue weighted by atomic mass is 10.1. The molecule has 1 aliphatic heterocycles. The SMILES string of the molecule is Nc1oncc1-c1c(F)c(Cl)cc2c1OCCO2. The summed E-state index contributed by atoms with van der Waals surface area (Å²) in [5, 5.41) is 3.44. The van der Waals surface area contributed by atoms with Crippen molar-refractivity contribution < 1.29 is 18.4 Å². The van der Waals surface area contributed by atoms with E-state index in [0.29, 0.717) is 19.0 Å². The van der Waals surface area contributed by atoms with Gasteiger partial charge in [0.15, 0.2) is 17.3 Å². The van der Waals surface area contributed by atoms with Crippen molar-refractivity contribution in [1.29, 1.82) is 0 Å². The van der Waals surface area contributed by atoms with Gasteiger partial charge in [-0.2, -0.15) is 0 Å². The molecule has 3 rings (SSSR count). The summed E-state index contributed by atoms with van der Waals surface area (Å²) in [6, 6.07) is 1.37. The first kappa shape index (κ1) is 11.2. The van der Waals surface area contributed by atoms with Crippen LogP contribution in [-0.2, 0) is 0 Å². The minimum atomic E-state index is -0.643. The van der Waals surface area contributed by atoms with Crippen LogP contribution in [-0.4, -0.2) is 18.4 Å². The van der Waals surface area contributed by atoms with Gasteiger partial charge in [-0.1, -0.05) is 16.8 Å². The minimum absolute atomic E-state index is 0.00691. The van der Waals surface area contributed by atoms with Crippen LogP contribution < -0.4 is 15.2 Å². The molecule has 0 radical (unpaired) electrons. The van der Waals surface area contributed by atoms with E-state index in [1.54, 1.807) is 0 Å². The van der Waals surface area contributed by atoms with Crippen LogP contribution in [0.2, 0.25) is 5.02 Å². The molecular weight excluding hydrogens is 263 g/mol. The molecule has 0 amide bonds. The van der Waals surface area contributed by atoms with Gasteiger partial charge in [0.1, 0.15) is 13.2 Å². The number of nitrogens with two attached hydrogens (primary N) is 1. The number of aromatic nitrogens is 1. The Kier molecular flexibility index (Phi) is 2.52. The number of benzene rings is 1. The van der Waals surface area contributed by atoms with E-state index in [-0.39, 0.29) is 27.8 Å². The van der Waals surface area contributed by atoms with E-state index in [0.717, 1.165) is 0 Å². The molecular formula is C11H8ClFN2O3. The zero-order valence-electron chi connectivity index (χ0n) is 9.07. The summed E-state index contributed by atoms with van der Waals surface area (Å²) in [4.78, 5) is 0. The summed E-state index contributed by atoms with van der Waals surface area (Å²) < 4.78 is 29.7. The van der Waals surface area contributed by atoms with Crippen LogP contribution in [0, 0.1) is 5.82 Å². The predicted octanol–water partition coefficient (Wildman–Crippen LogP) is 2.49. The third-order valence-corrected chi connectivity index (χ3v) is 2.87. The van der Waals surface area contributed by atoms with Crippen LogP contribution in [0.5, 0.6) is 11.5 Å². The van der Waals surface area contributed by atoms with E-state index < -0.39 is 5.82 Å². The van der Waals surface area contributed by atoms with Crippen LogP contribution in [0.3, 0.4) is 0 Å². The van der Waals surface area contributed by atoms with Gasteiger partial charge in [-0.3, -0.25) is 0 Å². The summed E-state index contributed by atoms with van der Waals surface area (Å²) in [6.07, 6.45) is 1.31. The number of halogens is 2. The maximum atomic E-state index is 14.1. The van der Waals surface area contributed by atoms with Crippen molar-refractivity contribution >= 4 is 17.5 Å². The zero-order chi connectivity index (χ0) is 12.7. The normalized spacial score (nSPS) is 13.7. The standard InChI is InChI=1S/C11H8ClFN2O3/c12-6-3-7-10(17-2-1-16-7)8(9(6)13)5-4-15-18-11(5)14/h3-4H,1-2,14H2. The van der Waals surface area contributed by atoms with Gasteiger partial charge in [-0.15, -0.1) is 0 Å². The molecule has 0 saturated carbocycles. The molecule has 7 heteroatoms. The number of rotatable bonds is 1. The van der Waals surface area contributed by atoms with Gasteiger partial charge < -0.3 is 19.7 Å². The summed E-state index contributed by atoms with van der Waals surface area (Å²) in [5.41, 5.74) is 5.99. The van der Waals surface area contributed by atoms with Crippen LogP contribution in [0.1, 0.15) is 0 Å². The maximum Gasteiger partial charge on any atom is 0.230 e. The van der Waals surface area contributed by atoms with Crippen molar-refractivity contribution in [2.45, 2.75) is 0 Å². The van der Waals surface area contributed by atoms with E-state index in [1.807, 2.05) is 0 Å². The first-order valence-corrected chi connectivity index (χ1v) is 5.54. The van der Waals surface area contributed by atoms with Gasteiger partial charge in [-0.05, 0) is 0 Å². The third-order valence-electron chi connectivity index (χ3n) is 2.59. The van der Waals surface area contributed by atoms with Crippen LogP contribution >= 0.6 is 11.6 Å². The van der Waals surface area contributed by atoms with Crippen molar-refractivity contribution in [2.24, 2.45) is 0 Å². The van der Waals surface area contributed by atoms with Crippen molar-refractivity contribution in [1.82, 2.24) is 5.16 Å². The molecule has 0 unspecified atom stereocenters. The smallest absolute Gasteiger partial charge is 0.230 e. The second kappa shape index (κ2) is 4.06. The Bertz CT molecular complexity index is 615. The van der Waals surface area contributed by atoms with E-state index in [9.17, 15) is 4.39 Å². The van der Waals surface area contributed by atoms with E-state index in [4.69, 9.17) is 31.3 Å². The summed E-state index contributed by atoms with van der Waals surface area (Å²) in [7, 11) is 0. The van der Waals surface area contributed by atoms with Gasteiger partial charge in [-0.25, -0.2) is 4.39 Å². The molecule has 5 nitrogen and oxygen atoms in total. The molecule has 0 saturated heterocycles. The van der Waals surface area contributed by atoms with Gasteiger partial charge in [0.2, 0.25) is 5.88 Å². The molecule has 18 heavy (non-hydrogen) atoms. The highest BCUT2D eigenvalue weighted by molar-refractivity contribution is 6.31. The van der Waals surface area contributed by atoms with Gasteiger partial charge in [0, 0.05) is 6.07 Å². The Balaban J connectivity index is 2.30. The Morgan fingerprint density at radius 1 is 1.33 bits per heavy atom. The van der Waals surface area contributed by atoms with E-state index in [2.05, 4.69) is 5.16 Å². The predicted molar refractivity (Wildman–Crippen MR) is 62.3 cm³/mol. The molecule has 94 valence electrons. The highest BCUT2D eigenvalue weighted by Gasteiger charge is 2.26. The van der Waals surface area contributed by atoms with E-state index >= 15 is 0 Å². The average Bonchev–Trinajstić information content (AvgIpc) is 2.77. The largest absolute Gasteiger partial charge is 0.486 e. The van der Waals surface area contributed by atoms with Gasteiger partial charge in [0.05, 0.1) is 22.3 Å². The summed E-state index contributed by atoms with van der Waals surface area (Å²) in [6.45, 7) is 0.708. The molecule has 0 fully saturated rings. The number of nitrogen functional groups attached to an aromatic ring is 1. The molecule has 2 N–H and O–H groups in total. The lowest BCUT2D eigenvalue weighted by Gasteiger charge is -2.21. The van der Waals surface area contributed by atoms with Crippen molar-refractivity contribution in [2.75, 3.05) is 18.9 Å². The molecule has 0 bridgehead atoms. The molecule has 0 spiro atoms. The molecule has 1 aliphatic rings. The highest BCUT2D eigenvalue weighted by Crippen LogP contribution is 2.46. The van der Waals surface area contributed by atoms with Crippen molar-refractivity contribution in [3.63, 3.8) is 0 Å². The number of ether oxygens (including phenoxy) is 2. The first-order valence-electron chi connectivity index (χ1n) is 5.16. The fourth-order valence-electron chi connectivity index (χ4n) is 1.81. The van der Waals surface area contributed by atoms with Crippen molar-refractivity contribution in [3.05, 3.63) is 23.1 Å². The molecule has 1 aromatic heterocycles. The molecule has 1 aromatic carbocycles. The Hall–Kier alpha value is -1.95. The van der Waals surface area contributed by atoms with Gasteiger partial charge >= 0.3 is 0 Å². The molecule has 2 aromatic rings. The topological polar surface area (TPSA) is 70.5 Å². The Morgan fingerprint density at radius 3 is 2.83 bits per heavy atom. The van der Waals surface area contributed by atoms with Crippen molar-refractivity contribution in [3.8, 4) is 22.6 Å². The quantitative estimate of drug-likeness (QED) is 0.862. The number of anilines is 1. The zero-order valence-corrected chi connectivity index (χ0v) is 9.83. The average molecular weight is 271 g/mol. The van der Waals surface area contributed by atoms with Crippen LogP contribution in [0.4, 0.5) is 10.3 Å². The second-order valence-corrected chi connectivity index (χ2v) is 4.08. The van der Waals surface area contributed by atoms with Crippen LogP contribution in [0.25, 0.3) is 11.1 Å². The molecule has 0 aliphatic carbocycles. The first-order chi connectivity index (χ1) is 8.68. The Labute approximate surface area is 106 Å². The highest BCUT2D eigenvalue weighted by atomic mass is 35.5. The monoisotopic (exact) mass is 270 g/mol. The van der Waals surface area contributed by atoms with E-state index in [1.165, 1.54) is 12.3 Å². The molecule has 0 atom stereocenters. The summed E-state index contributed by atoms with van der Waals surface area (Å²) >= 11 is 5.82. The lowest BCUT2D eigenvalue weighted by Crippen LogP contribution is -2.16. The summed E-state index contributed by atoms with van der Waals surface area (Å²) in [5.74, 6) is -0.00958. The number of hydrogen-bond acceptors (Lipinski definition) is 5. The second-order valence-electron chi connectivity index (χ2n) is 3.68. The number of nitrogens with zero attached hydrogens (tertiary/aromatic N) is 1. The lowest BCUT2D eigenvalue weighted by molar-refractivity contribution is 0.171. The maximum absolute atomic E-state index is 14.1. The van der Waals surface area contributed by atoms with Crippen LogP contribution in [0.15, 0.2) is 16.8 Å². The fourth-order valence-corrected chi connectivity index (χ4v) is 2.00. The fraction of sp³-hybridized carbons (Fsp3) is 0.182.